The molecule has 128 heavy (non-hydrogen) atoms. The molecule has 38 heteroatoms. The number of thiazole rings is 4. The molecule has 5 aromatic carbocycles. The number of carbonyl (C=O) groups excluding carboxylic acids is 5. The summed E-state index contributed by atoms with van der Waals surface area (Å²) in [5.74, 6) is -0.923. The first-order valence-electron chi connectivity index (χ1n) is 40.2. The average molecular weight is 1940 g/mol. The van der Waals surface area contributed by atoms with Crippen molar-refractivity contribution in [3.8, 4) is 39.5 Å². The van der Waals surface area contributed by atoms with Crippen molar-refractivity contribution in [1.29, 1.82) is 0 Å². The van der Waals surface area contributed by atoms with Gasteiger partial charge >= 0.3 is 0 Å². The van der Waals surface area contributed by atoms with Crippen molar-refractivity contribution in [3.63, 3.8) is 0 Å². The zero-order valence-corrected chi connectivity index (χ0v) is 78.7. The summed E-state index contributed by atoms with van der Waals surface area (Å²) in [5.41, 5.74) is 18.1. The molecule has 0 unspecified atom stereocenters. The van der Waals surface area contributed by atoms with Crippen LogP contribution < -0.4 is 32.7 Å². The third kappa shape index (κ3) is 26.5. The van der Waals surface area contributed by atoms with Gasteiger partial charge in [-0.15, -0.1) is 119 Å². The molecule has 5 aliphatic heterocycles. The van der Waals surface area contributed by atoms with E-state index in [-0.39, 0.29) is 45.7 Å². The Morgan fingerprint density at radius 2 is 0.797 bits per heavy atom. The SMILES string of the molecule is CO.Cc1cnc(-c2cc3c(s2)C(N)=NC3)s1.Cc1cnc(-c2cc3c(s2)C(NC(=O)c2ccc(F)cc2)=NC3)s1.Cc1cnc(-c2cc3c(s2)C(NC(=O)c2ccc(NCCN4CCCCC4)cc2)=NC3)s1.Cc1cnc(-c2cc3c(s2)c(NC(=O)c2ccc(F)cc2)nn3C(=O)c2ccc(F)cc2)s1.ClCCl.NCCN1CCCCC1.O=C(Cl)c1ccc(F)cc1. The standard InChI is InChI=1S/C24H27N5OS2.C23H14F2N4O2S2.C17H12FN3OS2.C10H9N3S2.C7H4ClFO.C7H16N2.CH2Cl2.CH4O/c1-16-14-27-24(31-16)20-13-18-15-26-22(21(18)32-20)28-23(30)17-5-7-19(8-6-17)25-9-12-29-10-3-2-4-11-29;1-12-11-26-22(32-12)18-10-17-19(33-18)20(27-21(30)13-2-6-15(24)7-3-13)28-29(17)23(31)14-4-8-16(25)9-5-14;1-9-7-20-17(23-9)13-6-11-8-19-15(14(11)24-13)21-16(22)10-2-4-12(18)5-3-10;1-5-3-13-10(14-5)7-2-6-4-12-9(11)8(6)15-7;8-7(10)5-1-3-6(9)4-2-5;8-4-7-9-5-2-1-3-6-9;2-1-3;1-2/h5-8,13-14,25H,2-4,9-12,15H2,1H3,(H,26,28,30);2-11H,1H3,(H,27,28,30);2-7H,8H2,1H3,(H,19,21,22);2-3H,4H2,1H3,(H2,11,12);1-4H;1-8H2;1H2;2H,1H3. The van der Waals surface area contributed by atoms with Crippen LogP contribution in [-0.4, -0.2) is 156 Å². The first kappa shape index (κ1) is 96.8. The number of benzene rings is 5. The second kappa shape index (κ2) is 47.3. The van der Waals surface area contributed by atoms with Gasteiger partial charge in [0, 0.05) is 111 Å². The molecule has 5 aliphatic rings. The summed E-state index contributed by atoms with van der Waals surface area (Å²) < 4.78 is 53.5. The molecule has 2 saturated heterocycles. The number of halogens is 7. The highest BCUT2D eigenvalue weighted by molar-refractivity contribution is 7.26. The van der Waals surface area contributed by atoms with Crippen molar-refractivity contribution in [2.75, 3.05) is 75.4 Å². The van der Waals surface area contributed by atoms with Crippen molar-refractivity contribution in [3.05, 3.63) is 272 Å². The number of likely N-dealkylation sites (tertiary alicyclic amines) is 2. The van der Waals surface area contributed by atoms with Crippen molar-refractivity contribution < 1.29 is 46.6 Å². The maximum Gasteiger partial charge on any atom is 0.278 e. The number of piperidine rings is 2. The fraction of sp³-hybridized carbons (Fsp3) is 0.256. The molecule has 666 valence electrons. The zero-order valence-electron chi connectivity index (χ0n) is 69.9. The van der Waals surface area contributed by atoms with Crippen LogP contribution in [0.2, 0.25) is 0 Å². The largest absolute Gasteiger partial charge is 0.400 e. The molecular formula is C90H88Cl3F4N17O6S8. The molecule has 14 aromatic rings. The second-order valence-electron chi connectivity index (χ2n) is 28.8. The van der Waals surface area contributed by atoms with E-state index in [4.69, 9.17) is 51.4 Å². The quantitative estimate of drug-likeness (QED) is 0.0268. The molecular weight excluding hydrogens is 1850 g/mol. The van der Waals surface area contributed by atoms with E-state index < -0.39 is 28.7 Å². The van der Waals surface area contributed by atoms with Gasteiger partial charge in [0.25, 0.3) is 28.9 Å². The molecule has 23 nitrogen and oxygen atoms in total. The minimum atomic E-state index is -0.569. The predicted octanol–water partition coefficient (Wildman–Crippen LogP) is 20.6. The Bertz CT molecular complexity index is 6210. The van der Waals surface area contributed by atoms with Crippen molar-refractivity contribution in [2.24, 2.45) is 26.4 Å². The number of aliphatic imine (C=N–C) groups is 3. The van der Waals surface area contributed by atoms with Crippen LogP contribution in [0.15, 0.2) is 185 Å². The minimum absolute atomic E-state index is 0.128. The predicted molar refractivity (Wildman–Crippen MR) is 517 cm³/mol. The number of amides is 3. The Balaban J connectivity index is 0.000000145. The molecule has 14 heterocycles. The Hall–Kier alpha value is -10.3. The first-order valence-corrected chi connectivity index (χ1v) is 48.2. The number of aromatic nitrogens is 6. The summed E-state index contributed by atoms with van der Waals surface area (Å²) in [4.78, 5) is 109. The molecule has 0 bridgehead atoms. The lowest BCUT2D eigenvalue weighted by molar-refractivity contribution is 0.0946. The topological polar surface area (TPSA) is 319 Å². The van der Waals surface area contributed by atoms with Gasteiger partial charge in [0.1, 0.15) is 60.8 Å². The van der Waals surface area contributed by atoms with Gasteiger partial charge in [0.2, 0.25) is 0 Å². The Labute approximate surface area is 783 Å². The maximum atomic E-state index is 13.3. The maximum absolute atomic E-state index is 13.3. The van der Waals surface area contributed by atoms with Crippen LogP contribution in [0.1, 0.15) is 141 Å². The number of aliphatic hydroxyl groups excluding tert-OH is 1. The molecule has 9 aromatic heterocycles. The van der Waals surface area contributed by atoms with Crippen LogP contribution in [0.25, 0.3) is 49.8 Å². The van der Waals surface area contributed by atoms with Gasteiger partial charge in [-0.3, -0.25) is 38.9 Å². The van der Waals surface area contributed by atoms with Gasteiger partial charge in [-0.05, 0) is 253 Å². The van der Waals surface area contributed by atoms with Crippen molar-refractivity contribution >= 4 is 194 Å². The van der Waals surface area contributed by atoms with Gasteiger partial charge in [0.15, 0.2) is 5.82 Å². The van der Waals surface area contributed by atoms with Crippen LogP contribution in [-0.2, 0) is 19.6 Å². The fourth-order valence-electron chi connectivity index (χ4n) is 13.3. The van der Waals surface area contributed by atoms with Crippen LogP contribution in [0, 0.1) is 51.0 Å². The van der Waals surface area contributed by atoms with Gasteiger partial charge in [-0.1, -0.05) is 12.8 Å². The number of rotatable bonds is 16. The molecule has 0 atom stereocenters. The van der Waals surface area contributed by atoms with E-state index >= 15 is 0 Å². The number of nitrogens with two attached hydrogens (primary N) is 2. The van der Waals surface area contributed by atoms with Gasteiger partial charge in [-0.25, -0.2) is 37.5 Å². The summed E-state index contributed by atoms with van der Waals surface area (Å²) in [5, 5.41) is 26.8. The Morgan fingerprint density at radius 1 is 0.445 bits per heavy atom. The monoisotopic (exact) mass is 1940 g/mol. The number of nitrogens with zero attached hydrogens (tertiary/aromatic N) is 11. The lowest BCUT2D eigenvalue weighted by Gasteiger charge is -2.26. The molecule has 0 saturated carbocycles. The number of thiophene rings is 4. The van der Waals surface area contributed by atoms with Gasteiger partial charge in [0.05, 0.1) is 69.3 Å². The zero-order chi connectivity index (χ0) is 90.9. The summed E-state index contributed by atoms with van der Waals surface area (Å²) in [6.45, 7) is 18.9. The van der Waals surface area contributed by atoms with Crippen LogP contribution in [0.3, 0.4) is 0 Å². The summed E-state index contributed by atoms with van der Waals surface area (Å²) in [7, 11) is 1.00. The summed E-state index contributed by atoms with van der Waals surface area (Å²) >= 11 is 27.4. The third-order valence-corrected chi connectivity index (χ3v) is 28.8. The third-order valence-electron chi connectivity index (χ3n) is 19.5. The van der Waals surface area contributed by atoms with E-state index in [2.05, 4.69) is 103 Å². The lowest BCUT2D eigenvalue weighted by atomic mass is 10.1. The highest BCUT2D eigenvalue weighted by atomic mass is 35.5. The number of aryl methyl sites for hydroxylation is 4. The number of alkyl halides is 2. The number of amidine groups is 3. The molecule has 0 aliphatic carbocycles. The number of aliphatic hydroxyl groups is 1. The number of hydrogen-bond donors (Lipinski definition) is 7. The minimum Gasteiger partial charge on any atom is -0.400 e. The van der Waals surface area contributed by atoms with Crippen LogP contribution in [0.4, 0.5) is 29.1 Å². The van der Waals surface area contributed by atoms with E-state index in [0.29, 0.717) is 57.5 Å². The molecule has 2 fully saturated rings. The van der Waals surface area contributed by atoms with E-state index in [9.17, 15) is 41.5 Å². The molecule has 19 rings (SSSR count). The highest BCUT2D eigenvalue weighted by Crippen LogP contribution is 2.42. The smallest absolute Gasteiger partial charge is 0.278 e. The number of nitrogens with one attached hydrogen (secondary N) is 4. The Kier molecular flexibility index (Phi) is 35.8. The summed E-state index contributed by atoms with van der Waals surface area (Å²) in [6.07, 6.45) is 15.6. The Morgan fingerprint density at radius 3 is 1.18 bits per heavy atom. The van der Waals surface area contributed by atoms with Crippen LogP contribution in [0.5, 0.6) is 0 Å². The average Bonchev–Trinajstić information content (AvgIpc) is 1.60. The number of anilines is 2. The van der Waals surface area contributed by atoms with E-state index in [1.54, 1.807) is 80.3 Å². The van der Waals surface area contributed by atoms with Crippen molar-refractivity contribution in [2.45, 2.75) is 85.9 Å². The van der Waals surface area contributed by atoms with E-state index in [1.165, 1.54) is 209 Å². The van der Waals surface area contributed by atoms with Crippen LogP contribution >= 0.6 is 125 Å². The fourth-order valence-corrected chi connectivity index (χ4v) is 21.1. The van der Waals surface area contributed by atoms with E-state index in [1.807, 2.05) is 56.7 Å². The molecule has 3 amide bonds. The van der Waals surface area contributed by atoms with E-state index in [0.717, 1.165) is 116 Å². The van der Waals surface area contributed by atoms with Gasteiger partial charge < -0.3 is 47.6 Å². The number of hydrogen-bond acceptors (Lipinski definition) is 27. The normalized spacial score (nSPS) is 13.4. The summed E-state index contributed by atoms with van der Waals surface area (Å²) in [6, 6.07) is 36.6. The molecule has 0 radical (unpaired) electrons. The van der Waals surface area contributed by atoms with Gasteiger partial charge in [-0.2, -0.15) is 4.68 Å². The number of fused-ring (bicyclic) bond motifs is 4. The number of carbonyl (C=O) groups is 5. The first-order chi connectivity index (χ1) is 61.9. The van der Waals surface area contributed by atoms with Crippen molar-refractivity contribution in [1.82, 2.24) is 50.1 Å². The highest BCUT2D eigenvalue weighted by Gasteiger charge is 2.28. The lowest BCUT2D eigenvalue weighted by Crippen LogP contribution is -2.33. The molecule has 9 N–H and O–H groups in total. The second-order valence-corrected chi connectivity index (χ2v) is 39.1. The molecule has 0 spiro atoms.